The molecule has 1 aromatic rings. The van der Waals surface area contributed by atoms with Crippen molar-refractivity contribution in [3.63, 3.8) is 0 Å². The Morgan fingerprint density at radius 1 is 1.13 bits per heavy atom. The molecule has 5 nitrogen and oxygen atoms in total. The molecule has 1 aliphatic rings. The van der Waals surface area contributed by atoms with Crippen LogP contribution < -0.4 is 0 Å². The molecule has 0 atom stereocenters. The van der Waals surface area contributed by atoms with Crippen LogP contribution in [-0.2, 0) is 4.79 Å². The lowest BCUT2D eigenvalue weighted by Gasteiger charge is -2.14. The van der Waals surface area contributed by atoms with Crippen molar-refractivity contribution in [1.29, 1.82) is 0 Å². The molecule has 0 radical (unpaired) electrons. The number of aliphatic carboxylic acids is 1. The van der Waals surface area contributed by atoms with Gasteiger partial charge in [-0.2, -0.15) is 0 Å². The number of rotatable bonds is 5. The second kappa shape index (κ2) is 6.87. The Bertz CT molecular complexity index is 721. The third kappa shape index (κ3) is 3.29. The summed E-state index contributed by atoms with van der Waals surface area (Å²) in [5.41, 5.74) is 1.43. The molecule has 0 unspecified atom stereocenters. The van der Waals surface area contributed by atoms with Gasteiger partial charge in [-0.05, 0) is 37.6 Å². The van der Waals surface area contributed by atoms with Crippen molar-refractivity contribution >= 4 is 17.8 Å². The van der Waals surface area contributed by atoms with E-state index in [0.717, 1.165) is 4.90 Å². The van der Waals surface area contributed by atoms with E-state index in [9.17, 15) is 14.4 Å². The number of imide groups is 1. The minimum atomic E-state index is -1.06. The first kappa shape index (κ1) is 16.4. The summed E-state index contributed by atoms with van der Waals surface area (Å²) in [6.45, 7) is 3.43. The van der Waals surface area contributed by atoms with Crippen LogP contribution in [0.4, 0.5) is 0 Å². The first-order valence-electron chi connectivity index (χ1n) is 7.17. The number of carboxylic acid groups (broad SMARTS) is 1. The number of carbonyl (C=O) groups excluding carboxylic acids is 2. The van der Waals surface area contributed by atoms with Gasteiger partial charge < -0.3 is 5.11 Å². The van der Waals surface area contributed by atoms with Crippen LogP contribution in [-0.4, -0.2) is 34.3 Å². The zero-order chi connectivity index (χ0) is 17.0. The lowest BCUT2D eigenvalue weighted by atomic mass is 10.1. The average molecular weight is 311 g/mol. The first-order chi connectivity index (χ1) is 11.0. The number of hydrogen-bond acceptors (Lipinski definition) is 3. The number of hydrogen-bond donors (Lipinski definition) is 1. The van der Waals surface area contributed by atoms with E-state index in [4.69, 9.17) is 5.11 Å². The Kier molecular flexibility index (Phi) is 4.91. The van der Waals surface area contributed by atoms with Gasteiger partial charge in [0.1, 0.15) is 0 Å². The zero-order valence-corrected chi connectivity index (χ0v) is 12.9. The van der Waals surface area contributed by atoms with Gasteiger partial charge in [-0.25, -0.2) is 4.79 Å². The number of carbonyl (C=O) groups is 3. The summed E-state index contributed by atoms with van der Waals surface area (Å²) >= 11 is 0. The maximum atomic E-state index is 12.4. The maximum absolute atomic E-state index is 12.4. The van der Waals surface area contributed by atoms with Crippen LogP contribution in [0.25, 0.3) is 0 Å². The van der Waals surface area contributed by atoms with Crippen molar-refractivity contribution in [3.05, 3.63) is 70.8 Å². The largest absolute Gasteiger partial charge is 0.478 e. The number of carboxylic acids is 1. The molecule has 1 aliphatic heterocycles. The molecule has 1 aromatic carbocycles. The lowest BCUT2D eigenvalue weighted by Crippen LogP contribution is -2.31. The van der Waals surface area contributed by atoms with Gasteiger partial charge in [0.25, 0.3) is 11.8 Å². The molecule has 23 heavy (non-hydrogen) atoms. The van der Waals surface area contributed by atoms with Crippen LogP contribution in [0.15, 0.2) is 59.7 Å². The predicted octanol–water partition coefficient (Wildman–Crippen LogP) is 2.82. The summed E-state index contributed by atoms with van der Waals surface area (Å²) in [5, 5.41) is 9.11. The quantitative estimate of drug-likeness (QED) is 0.515. The Morgan fingerprint density at radius 2 is 1.70 bits per heavy atom. The van der Waals surface area contributed by atoms with E-state index < -0.39 is 5.97 Å². The van der Waals surface area contributed by atoms with Crippen LogP contribution in [0.3, 0.4) is 0 Å². The molecule has 0 bridgehead atoms. The number of fused-ring (bicyclic) bond motifs is 1. The molecule has 0 aromatic heterocycles. The molecule has 2 rings (SSSR count). The van der Waals surface area contributed by atoms with E-state index in [2.05, 4.69) is 0 Å². The molecule has 1 N–H and O–H groups in total. The van der Waals surface area contributed by atoms with Crippen molar-refractivity contribution < 1.29 is 19.5 Å². The second-order valence-corrected chi connectivity index (χ2v) is 5.01. The average Bonchev–Trinajstić information content (AvgIpc) is 2.77. The van der Waals surface area contributed by atoms with E-state index in [1.54, 1.807) is 50.3 Å². The van der Waals surface area contributed by atoms with Crippen LogP contribution in [0, 0.1) is 0 Å². The minimum Gasteiger partial charge on any atom is -0.478 e. The third-order valence-electron chi connectivity index (χ3n) is 3.50. The molecular formula is C18H17NO4. The Morgan fingerprint density at radius 3 is 2.13 bits per heavy atom. The smallest absolute Gasteiger partial charge is 0.335 e. The predicted molar refractivity (Wildman–Crippen MR) is 86.1 cm³/mol. The van der Waals surface area contributed by atoms with Crippen molar-refractivity contribution in [2.24, 2.45) is 0 Å². The van der Waals surface area contributed by atoms with E-state index in [0.29, 0.717) is 16.7 Å². The molecule has 5 heteroatoms. The topological polar surface area (TPSA) is 74.7 Å². The van der Waals surface area contributed by atoms with Gasteiger partial charge in [0.15, 0.2) is 0 Å². The molecule has 0 aliphatic carbocycles. The first-order valence-corrected chi connectivity index (χ1v) is 7.17. The standard InChI is InChI=1S/C18H17NO4/c1-3-7-12(10-13(4-2)18(22)23)11-19-16(20)14-8-5-6-9-15(14)17(19)21/h3-10H,11H2,1-2H3,(H,22,23)/b7-3-,12-10+,13-4+. The maximum Gasteiger partial charge on any atom is 0.335 e. The van der Waals surface area contributed by atoms with Crippen molar-refractivity contribution in [3.8, 4) is 0 Å². The van der Waals surface area contributed by atoms with Gasteiger partial charge in [0.2, 0.25) is 0 Å². The molecule has 0 spiro atoms. The lowest BCUT2D eigenvalue weighted by molar-refractivity contribution is -0.132. The summed E-state index contributed by atoms with van der Waals surface area (Å²) < 4.78 is 0. The highest BCUT2D eigenvalue weighted by Crippen LogP contribution is 2.23. The Balaban J connectivity index is 2.33. The number of benzene rings is 1. The van der Waals surface area contributed by atoms with E-state index in [-0.39, 0.29) is 23.9 Å². The fourth-order valence-corrected chi connectivity index (χ4v) is 2.39. The highest BCUT2D eigenvalue weighted by molar-refractivity contribution is 6.21. The van der Waals surface area contributed by atoms with Gasteiger partial charge in [0.05, 0.1) is 23.2 Å². The van der Waals surface area contributed by atoms with Gasteiger partial charge >= 0.3 is 5.97 Å². The summed E-state index contributed by atoms with van der Waals surface area (Å²) in [7, 11) is 0. The van der Waals surface area contributed by atoms with Gasteiger partial charge in [-0.3, -0.25) is 14.5 Å². The Labute approximate surface area is 134 Å². The van der Waals surface area contributed by atoms with E-state index in [1.165, 1.54) is 12.2 Å². The summed E-state index contributed by atoms with van der Waals surface area (Å²) in [6.07, 6.45) is 6.36. The third-order valence-corrected chi connectivity index (χ3v) is 3.50. The highest BCUT2D eigenvalue weighted by atomic mass is 16.4. The number of allylic oxidation sites excluding steroid dienone is 2. The van der Waals surface area contributed by atoms with Crippen molar-refractivity contribution in [2.45, 2.75) is 13.8 Å². The van der Waals surface area contributed by atoms with E-state index in [1.807, 2.05) is 0 Å². The normalized spacial score (nSPS) is 15.5. The van der Waals surface area contributed by atoms with Crippen LogP contribution in [0.5, 0.6) is 0 Å². The molecule has 0 saturated heterocycles. The second-order valence-electron chi connectivity index (χ2n) is 5.01. The fraction of sp³-hybridized carbons (Fsp3) is 0.167. The van der Waals surface area contributed by atoms with Crippen LogP contribution >= 0.6 is 0 Å². The molecule has 0 fully saturated rings. The van der Waals surface area contributed by atoms with Crippen molar-refractivity contribution in [1.82, 2.24) is 4.90 Å². The Hall–Kier alpha value is -2.95. The summed E-state index contributed by atoms with van der Waals surface area (Å²) in [4.78, 5) is 37.0. The van der Waals surface area contributed by atoms with Crippen molar-refractivity contribution in [2.75, 3.05) is 6.54 Å². The molecular weight excluding hydrogens is 294 g/mol. The molecule has 2 amide bonds. The zero-order valence-electron chi connectivity index (χ0n) is 12.9. The number of nitrogens with zero attached hydrogens (tertiary/aromatic N) is 1. The van der Waals surface area contributed by atoms with E-state index >= 15 is 0 Å². The monoisotopic (exact) mass is 311 g/mol. The minimum absolute atomic E-state index is 0.0291. The van der Waals surface area contributed by atoms with Gasteiger partial charge in [-0.15, -0.1) is 0 Å². The van der Waals surface area contributed by atoms with Gasteiger partial charge in [0, 0.05) is 0 Å². The molecule has 0 saturated carbocycles. The molecule has 1 heterocycles. The fourth-order valence-electron chi connectivity index (χ4n) is 2.39. The summed E-state index contributed by atoms with van der Waals surface area (Å²) in [5.74, 6) is -1.78. The molecule has 118 valence electrons. The summed E-state index contributed by atoms with van der Waals surface area (Å²) in [6, 6.07) is 6.64. The SMILES string of the molecule is C\C=C/C(=C\C(=C/C)C(=O)O)CN1C(=O)c2ccccc2C1=O. The van der Waals surface area contributed by atoms with Crippen LogP contribution in [0.1, 0.15) is 34.6 Å². The highest BCUT2D eigenvalue weighted by Gasteiger charge is 2.35. The van der Waals surface area contributed by atoms with Gasteiger partial charge in [-0.1, -0.05) is 30.4 Å². The van der Waals surface area contributed by atoms with Crippen LogP contribution in [0.2, 0.25) is 0 Å². The number of amides is 2.